The van der Waals surface area contributed by atoms with Crippen LogP contribution in [0.4, 0.5) is 0 Å². The molecule has 0 atom stereocenters. The Balaban J connectivity index is 1.69. The fourth-order valence-electron chi connectivity index (χ4n) is 3.23. The maximum Gasteiger partial charge on any atom is 0.246 e. The van der Waals surface area contributed by atoms with E-state index in [1.807, 2.05) is 36.4 Å². The molecule has 0 aromatic heterocycles. The molecule has 2 aromatic carbocycles. The van der Waals surface area contributed by atoms with E-state index in [0.717, 1.165) is 15.5 Å². The second kappa shape index (κ2) is 10.2. The van der Waals surface area contributed by atoms with Crippen molar-refractivity contribution in [3.63, 3.8) is 0 Å². The number of piperidine rings is 1. The molecular formula is C22H22Cl2N2O3S. The maximum absolute atomic E-state index is 12.5. The van der Waals surface area contributed by atoms with E-state index in [4.69, 9.17) is 33.7 Å². The second-order valence-corrected chi connectivity index (χ2v) is 8.71. The van der Waals surface area contributed by atoms with Gasteiger partial charge < -0.3 is 15.4 Å². The quantitative estimate of drug-likeness (QED) is 0.617. The number of nitrogens with two attached hydrogens (primary N) is 1. The molecule has 3 rings (SSSR count). The molecule has 2 aromatic rings. The number of likely N-dealkylation sites (tertiary alicyclic amines) is 1. The lowest BCUT2D eigenvalue weighted by molar-refractivity contribution is -0.130. The molecule has 1 aliphatic heterocycles. The number of rotatable bonds is 6. The first-order valence-corrected chi connectivity index (χ1v) is 11.0. The topological polar surface area (TPSA) is 72.6 Å². The van der Waals surface area contributed by atoms with Gasteiger partial charge in [0.2, 0.25) is 11.8 Å². The lowest BCUT2D eigenvalue weighted by atomic mass is 9.96. The van der Waals surface area contributed by atoms with Gasteiger partial charge in [0.25, 0.3) is 0 Å². The molecule has 5 nitrogen and oxygen atoms in total. The average Bonchev–Trinajstić information content (AvgIpc) is 2.76. The fourth-order valence-corrected chi connectivity index (χ4v) is 4.76. The van der Waals surface area contributed by atoms with Gasteiger partial charge in [0, 0.05) is 30.0 Å². The van der Waals surface area contributed by atoms with Gasteiger partial charge in [-0.2, -0.15) is 0 Å². The molecule has 1 saturated heterocycles. The van der Waals surface area contributed by atoms with Gasteiger partial charge in [-0.05, 0) is 42.7 Å². The van der Waals surface area contributed by atoms with Gasteiger partial charge in [0.05, 0.1) is 22.1 Å². The molecule has 0 bridgehead atoms. The van der Waals surface area contributed by atoms with Crippen LogP contribution in [0.3, 0.4) is 0 Å². The minimum atomic E-state index is -0.301. The molecule has 0 radical (unpaired) electrons. The average molecular weight is 465 g/mol. The predicted molar refractivity (Wildman–Crippen MR) is 121 cm³/mol. The number of hydrogen-bond donors (Lipinski definition) is 1. The molecule has 1 aliphatic rings. The van der Waals surface area contributed by atoms with Gasteiger partial charge >= 0.3 is 0 Å². The van der Waals surface area contributed by atoms with Crippen LogP contribution in [0.5, 0.6) is 5.75 Å². The van der Waals surface area contributed by atoms with Crippen molar-refractivity contribution in [3.05, 3.63) is 58.1 Å². The molecule has 2 N–H and O–H groups in total. The van der Waals surface area contributed by atoms with Crippen LogP contribution < -0.4 is 10.5 Å². The number of amides is 2. The van der Waals surface area contributed by atoms with E-state index in [-0.39, 0.29) is 17.7 Å². The zero-order valence-electron chi connectivity index (χ0n) is 16.4. The monoisotopic (exact) mass is 464 g/mol. The highest BCUT2D eigenvalue weighted by Gasteiger charge is 2.24. The molecule has 0 saturated carbocycles. The second-order valence-electron chi connectivity index (χ2n) is 6.87. The predicted octanol–water partition coefficient (Wildman–Crippen LogP) is 4.89. The number of ether oxygens (including phenoxy) is 1. The summed E-state index contributed by atoms with van der Waals surface area (Å²) >= 11 is 14.4. The molecular weight excluding hydrogens is 443 g/mol. The summed E-state index contributed by atoms with van der Waals surface area (Å²) in [6.07, 6.45) is 4.33. The van der Waals surface area contributed by atoms with Crippen molar-refractivity contribution in [2.45, 2.75) is 22.6 Å². The first-order chi connectivity index (χ1) is 14.4. The highest BCUT2D eigenvalue weighted by atomic mass is 35.5. The van der Waals surface area contributed by atoms with Crippen LogP contribution >= 0.6 is 35.0 Å². The van der Waals surface area contributed by atoms with Crippen LogP contribution in [0.25, 0.3) is 6.08 Å². The minimum absolute atomic E-state index is 0.127. The molecule has 1 heterocycles. The number of primary amides is 1. The Bertz CT molecular complexity index is 973. The fraction of sp³-hybridized carbons (Fsp3) is 0.273. The van der Waals surface area contributed by atoms with Crippen LogP contribution in [0.1, 0.15) is 18.4 Å². The molecule has 0 aliphatic carbocycles. The third-order valence-corrected chi connectivity index (χ3v) is 7.11. The summed E-state index contributed by atoms with van der Waals surface area (Å²) in [5.41, 5.74) is 6.00. The molecule has 0 unspecified atom stereocenters. The first kappa shape index (κ1) is 22.5. The maximum atomic E-state index is 12.5. The first-order valence-electron chi connectivity index (χ1n) is 9.46. The lowest BCUT2D eigenvalue weighted by Crippen LogP contribution is -2.41. The van der Waals surface area contributed by atoms with Gasteiger partial charge in [-0.15, -0.1) is 0 Å². The number of carbonyl (C=O) groups is 2. The van der Waals surface area contributed by atoms with Crippen LogP contribution in [0.2, 0.25) is 10.0 Å². The van der Waals surface area contributed by atoms with Crippen molar-refractivity contribution in [2.24, 2.45) is 11.7 Å². The third kappa shape index (κ3) is 5.31. The van der Waals surface area contributed by atoms with Gasteiger partial charge in [-0.25, -0.2) is 0 Å². The Labute approximate surface area is 190 Å². The summed E-state index contributed by atoms with van der Waals surface area (Å²) < 4.78 is 5.38. The standard InChI is InChI=1S/C22H22Cl2N2O3S/c1-29-16-4-2-3-5-17(16)30-18-8-6-14(20(23)21(18)24)7-9-19(27)26-12-10-15(11-13-26)22(25)28/h2-9,15H,10-13H2,1H3,(H2,25,28)/b9-7+. The Morgan fingerprint density at radius 3 is 2.47 bits per heavy atom. The van der Waals surface area contributed by atoms with Gasteiger partial charge in [-0.3, -0.25) is 9.59 Å². The van der Waals surface area contributed by atoms with E-state index in [1.165, 1.54) is 17.8 Å². The molecule has 158 valence electrons. The van der Waals surface area contributed by atoms with E-state index in [1.54, 1.807) is 18.1 Å². The lowest BCUT2D eigenvalue weighted by Gasteiger charge is -2.29. The number of para-hydroxylation sites is 1. The van der Waals surface area contributed by atoms with E-state index >= 15 is 0 Å². The van der Waals surface area contributed by atoms with E-state index in [9.17, 15) is 9.59 Å². The summed E-state index contributed by atoms with van der Waals surface area (Å²) in [6, 6.07) is 11.4. The molecule has 2 amide bonds. The summed E-state index contributed by atoms with van der Waals surface area (Å²) in [5, 5.41) is 0.803. The van der Waals surface area contributed by atoms with E-state index < -0.39 is 0 Å². The Morgan fingerprint density at radius 2 is 1.80 bits per heavy atom. The number of methoxy groups -OCH3 is 1. The van der Waals surface area contributed by atoms with Crippen LogP contribution in [-0.2, 0) is 9.59 Å². The van der Waals surface area contributed by atoms with Crippen LogP contribution in [-0.4, -0.2) is 36.9 Å². The Hall–Kier alpha value is -2.15. The highest BCUT2D eigenvalue weighted by molar-refractivity contribution is 7.99. The van der Waals surface area contributed by atoms with Crippen molar-refractivity contribution in [1.82, 2.24) is 4.90 Å². The number of halogens is 2. The summed E-state index contributed by atoms with van der Waals surface area (Å²) in [6.45, 7) is 1.03. The highest BCUT2D eigenvalue weighted by Crippen LogP contribution is 2.42. The molecule has 8 heteroatoms. The number of carbonyl (C=O) groups excluding carboxylic acids is 2. The summed E-state index contributed by atoms with van der Waals surface area (Å²) in [4.78, 5) is 27.1. The smallest absolute Gasteiger partial charge is 0.246 e. The Kier molecular flexibility index (Phi) is 7.69. The minimum Gasteiger partial charge on any atom is -0.496 e. The zero-order chi connectivity index (χ0) is 21.7. The number of hydrogen-bond acceptors (Lipinski definition) is 4. The van der Waals surface area contributed by atoms with E-state index in [0.29, 0.717) is 41.5 Å². The van der Waals surface area contributed by atoms with Gasteiger partial charge in [-0.1, -0.05) is 53.2 Å². The third-order valence-electron chi connectivity index (χ3n) is 4.98. The van der Waals surface area contributed by atoms with Crippen molar-refractivity contribution in [3.8, 4) is 5.75 Å². The van der Waals surface area contributed by atoms with Crippen molar-refractivity contribution in [1.29, 1.82) is 0 Å². The van der Waals surface area contributed by atoms with Crippen molar-refractivity contribution >= 4 is 52.9 Å². The van der Waals surface area contributed by atoms with E-state index in [2.05, 4.69) is 0 Å². The zero-order valence-corrected chi connectivity index (χ0v) is 18.8. The largest absolute Gasteiger partial charge is 0.496 e. The van der Waals surface area contributed by atoms with Crippen molar-refractivity contribution < 1.29 is 14.3 Å². The van der Waals surface area contributed by atoms with Crippen LogP contribution in [0, 0.1) is 5.92 Å². The van der Waals surface area contributed by atoms with Gasteiger partial charge in [0.1, 0.15) is 5.75 Å². The normalized spacial score (nSPS) is 14.8. The summed E-state index contributed by atoms with van der Waals surface area (Å²) in [5.74, 6) is 0.173. The molecule has 0 spiro atoms. The van der Waals surface area contributed by atoms with Gasteiger partial charge in [0.15, 0.2) is 0 Å². The molecule has 1 fully saturated rings. The molecule has 30 heavy (non-hydrogen) atoms. The van der Waals surface area contributed by atoms with Crippen LogP contribution in [0.15, 0.2) is 52.3 Å². The number of benzene rings is 2. The summed E-state index contributed by atoms with van der Waals surface area (Å²) in [7, 11) is 1.62. The SMILES string of the molecule is COc1ccccc1Sc1ccc(/C=C/C(=O)N2CCC(C(N)=O)CC2)c(Cl)c1Cl. The Morgan fingerprint density at radius 1 is 1.10 bits per heavy atom. The van der Waals surface area contributed by atoms with Crippen molar-refractivity contribution in [2.75, 3.05) is 20.2 Å². The number of nitrogens with zero attached hydrogens (tertiary/aromatic N) is 1.